The van der Waals surface area contributed by atoms with Crippen molar-refractivity contribution in [3.63, 3.8) is 0 Å². The third-order valence-electron chi connectivity index (χ3n) is 2.34. The number of hydrogen-bond donors (Lipinski definition) is 2. The average Bonchev–Trinajstić information content (AvgIpc) is 2.82. The first-order valence-electron chi connectivity index (χ1n) is 5.38. The Morgan fingerprint density at radius 1 is 1.35 bits per heavy atom. The number of aliphatic hydroxyl groups is 1. The molecular formula is C11H9F2N3O3S. The molecule has 0 fully saturated rings. The number of aliphatic hydroxyl groups excluding tert-OH is 1. The molecule has 2 rings (SSSR count). The Bertz CT molecular complexity index is 648. The van der Waals surface area contributed by atoms with Gasteiger partial charge in [0.15, 0.2) is 22.6 Å². The maximum atomic E-state index is 13.8. The van der Waals surface area contributed by atoms with Crippen LogP contribution in [0.2, 0.25) is 0 Å². The van der Waals surface area contributed by atoms with Gasteiger partial charge in [-0.25, -0.2) is 8.78 Å². The molecule has 1 heterocycles. The Balaban J connectivity index is 2.50. The van der Waals surface area contributed by atoms with Gasteiger partial charge in [0.1, 0.15) is 6.61 Å². The normalized spacial score (nSPS) is 10.8. The quantitative estimate of drug-likeness (QED) is 0.807. The first kappa shape index (κ1) is 14.4. The van der Waals surface area contributed by atoms with E-state index in [4.69, 9.17) is 10.2 Å². The molecule has 106 valence electrons. The van der Waals surface area contributed by atoms with E-state index in [9.17, 15) is 13.6 Å². The number of benzene rings is 1. The van der Waals surface area contributed by atoms with Crippen molar-refractivity contribution >= 4 is 17.7 Å². The van der Waals surface area contributed by atoms with Crippen molar-refractivity contribution in [1.82, 2.24) is 14.8 Å². The van der Waals surface area contributed by atoms with E-state index < -0.39 is 24.2 Å². The number of nitrogens with zero attached hydrogens (tertiary/aromatic N) is 3. The minimum Gasteiger partial charge on any atom is -0.481 e. The minimum absolute atomic E-state index is 0.0117. The van der Waals surface area contributed by atoms with Crippen molar-refractivity contribution < 1.29 is 23.8 Å². The summed E-state index contributed by atoms with van der Waals surface area (Å²) in [5.74, 6) is -3.61. The molecule has 0 bridgehead atoms. The van der Waals surface area contributed by atoms with E-state index in [2.05, 4.69) is 10.2 Å². The molecule has 1 aromatic carbocycles. The molecule has 1 aromatic heterocycles. The number of aromatic nitrogens is 3. The van der Waals surface area contributed by atoms with E-state index >= 15 is 0 Å². The molecule has 6 nitrogen and oxygen atoms in total. The van der Waals surface area contributed by atoms with Crippen molar-refractivity contribution in [3.05, 3.63) is 35.7 Å². The maximum Gasteiger partial charge on any atom is 0.313 e. The summed E-state index contributed by atoms with van der Waals surface area (Å²) in [6.45, 7) is -0.545. The van der Waals surface area contributed by atoms with Crippen molar-refractivity contribution in [1.29, 1.82) is 0 Å². The van der Waals surface area contributed by atoms with Crippen LogP contribution in [0, 0.1) is 11.6 Å². The van der Waals surface area contributed by atoms with Gasteiger partial charge < -0.3 is 10.2 Å². The number of rotatable bonds is 5. The summed E-state index contributed by atoms with van der Waals surface area (Å²) in [6, 6.07) is 3.53. The Labute approximate surface area is 116 Å². The Morgan fingerprint density at radius 2 is 2.10 bits per heavy atom. The lowest BCUT2D eigenvalue weighted by atomic mass is 10.3. The fourth-order valence-electron chi connectivity index (χ4n) is 1.53. The smallest absolute Gasteiger partial charge is 0.313 e. The van der Waals surface area contributed by atoms with E-state index in [0.717, 1.165) is 22.4 Å². The lowest BCUT2D eigenvalue weighted by Gasteiger charge is -2.09. The molecule has 0 amide bonds. The fraction of sp³-hybridized carbons (Fsp3) is 0.182. The Morgan fingerprint density at radius 3 is 2.75 bits per heavy atom. The van der Waals surface area contributed by atoms with Crippen LogP contribution in [-0.4, -0.2) is 36.7 Å². The van der Waals surface area contributed by atoms with Crippen LogP contribution in [-0.2, 0) is 11.4 Å². The molecule has 2 N–H and O–H groups in total. The third kappa shape index (κ3) is 2.78. The molecule has 0 aliphatic carbocycles. The summed E-state index contributed by atoms with van der Waals surface area (Å²) >= 11 is 0.790. The SMILES string of the molecule is O=C(O)CSc1nnc(CO)n1-c1cccc(F)c1F. The molecule has 0 spiro atoms. The molecule has 0 atom stereocenters. The first-order valence-corrected chi connectivity index (χ1v) is 6.37. The highest BCUT2D eigenvalue weighted by molar-refractivity contribution is 7.99. The Kier molecular flexibility index (Phi) is 4.30. The van der Waals surface area contributed by atoms with Gasteiger partial charge in [0, 0.05) is 0 Å². The van der Waals surface area contributed by atoms with Gasteiger partial charge in [0.05, 0.1) is 11.4 Å². The monoisotopic (exact) mass is 301 g/mol. The van der Waals surface area contributed by atoms with Crippen molar-refractivity contribution in [2.75, 3.05) is 5.75 Å². The van der Waals surface area contributed by atoms with Crippen LogP contribution < -0.4 is 0 Å². The van der Waals surface area contributed by atoms with Gasteiger partial charge in [-0.05, 0) is 12.1 Å². The molecule has 0 unspecified atom stereocenters. The molecule has 9 heteroatoms. The summed E-state index contributed by atoms with van der Waals surface area (Å²) in [5, 5.41) is 25.1. The molecular weight excluding hydrogens is 292 g/mol. The minimum atomic E-state index is -1.13. The first-order chi connectivity index (χ1) is 9.54. The van der Waals surface area contributed by atoms with Crippen LogP contribution in [0.3, 0.4) is 0 Å². The van der Waals surface area contributed by atoms with Crippen molar-refractivity contribution in [2.45, 2.75) is 11.8 Å². The predicted octanol–water partition coefficient (Wildman–Crippen LogP) is 1.21. The number of carboxylic acids is 1. The van der Waals surface area contributed by atoms with Crippen molar-refractivity contribution in [2.24, 2.45) is 0 Å². The van der Waals surface area contributed by atoms with E-state index in [1.165, 1.54) is 12.1 Å². The van der Waals surface area contributed by atoms with Gasteiger partial charge in [-0.1, -0.05) is 17.8 Å². The second kappa shape index (κ2) is 5.97. The number of carboxylic acid groups (broad SMARTS) is 1. The highest BCUT2D eigenvalue weighted by Gasteiger charge is 2.19. The second-order valence-electron chi connectivity index (χ2n) is 3.65. The van der Waals surface area contributed by atoms with Crippen LogP contribution in [0.5, 0.6) is 0 Å². The summed E-state index contributed by atoms with van der Waals surface area (Å²) in [6.07, 6.45) is 0. The largest absolute Gasteiger partial charge is 0.481 e. The summed E-state index contributed by atoms with van der Waals surface area (Å²) in [7, 11) is 0. The van der Waals surface area contributed by atoms with Crippen LogP contribution in [0.4, 0.5) is 8.78 Å². The van der Waals surface area contributed by atoms with Gasteiger partial charge >= 0.3 is 5.97 Å². The standard InChI is InChI=1S/C11H9F2N3O3S/c12-6-2-1-3-7(10(6)13)16-8(4-17)14-15-11(16)20-5-9(18)19/h1-3,17H,4-5H2,(H,18,19). The lowest BCUT2D eigenvalue weighted by Crippen LogP contribution is -2.07. The summed E-state index contributed by atoms with van der Waals surface area (Å²) < 4.78 is 28.2. The predicted molar refractivity (Wildman–Crippen MR) is 65.6 cm³/mol. The summed E-state index contributed by atoms with van der Waals surface area (Å²) in [4.78, 5) is 10.6. The zero-order valence-electron chi connectivity index (χ0n) is 9.95. The van der Waals surface area contributed by atoms with Crippen LogP contribution in [0.25, 0.3) is 5.69 Å². The molecule has 0 aliphatic rings. The lowest BCUT2D eigenvalue weighted by molar-refractivity contribution is -0.133. The Hall–Kier alpha value is -2.00. The van der Waals surface area contributed by atoms with Gasteiger partial charge in [0.25, 0.3) is 0 Å². The second-order valence-corrected chi connectivity index (χ2v) is 4.59. The highest BCUT2D eigenvalue weighted by Crippen LogP contribution is 2.24. The number of halogens is 2. The van der Waals surface area contributed by atoms with Gasteiger partial charge in [-0.3, -0.25) is 9.36 Å². The molecule has 0 saturated heterocycles. The van der Waals surface area contributed by atoms with Crippen LogP contribution in [0.15, 0.2) is 23.4 Å². The zero-order chi connectivity index (χ0) is 14.7. The topological polar surface area (TPSA) is 88.2 Å². The maximum absolute atomic E-state index is 13.8. The van der Waals surface area contributed by atoms with Gasteiger partial charge in [-0.2, -0.15) is 0 Å². The molecule has 0 saturated carbocycles. The number of aliphatic carboxylic acids is 1. The number of thioether (sulfide) groups is 1. The number of hydrogen-bond acceptors (Lipinski definition) is 5. The molecule has 0 radical (unpaired) electrons. The zero-order valence-corrected chi connectivity index (χ0v) is 10.8. The third-order valence-corrected chi connectivity index (χ3v) is 3.25. The van der Waals surface area contributed by atoms with E-state index in [-0.39, 0.29) is 22.4 Å². The summed E-state index contributed by atoms with van der Waals surface area (Å²) in [5.41, 5.74) is -0.188. The molecule has 0 aliphatic heterocycles. The fourth-order valence-corrected chi connectivity index (χ4v) is 2.21. The highest BCUT2D eigenvalue weighted by atomic mass is 32.2. The molecule has 20 heavy (non-hydrogen) atoms. The van der Waals surface area contributed by atoms with Gasteiger partial charge in [-0.15, -0.1) is 10.2 Å². The van der Waals surface area contributed by atoms with Crippen molar-refractivity contribution in [3.8, 4) is 5.69 Å². The van der Waals surface area contributed by atoms with Crippen LogP contribution >= 0.6 is 11.8 Å². The van der Waals surface area contributed by atoms with E-state index in [1.807, 2.05) is 0 Å². The van der Waals surface area contributed by atoms with Gasteiger partial charge in [0.2, 0.25) is 0 Å². The van der Waals surface area contributed by atoms with E-state index in [0.29, 0.717) is 0 Å². The molecule has 2 aromatic rings. The van der Waals surface area contributed by atoms with E-state index in [1.54, 1.807) is 0 Å². The number of carbonyl (C=O) groups is 1. The average molecular weight is 301 g/mol. The van der Waals surface area contributed by atoms with Crippen LogP contribution in [0.1, 0.15) is 5.82 Å².